The first-order valence-corrected chi connectivity index (χ1v) is 5.14. The summed E-state index contributed by atoms with van der Waals surface area (Å²) in [6.45, 7) is 0. The van der Waals surface area contributed by atoms with Crippen molar-refractivity contribution in [2.75, 3.05) is 18.1 Å². The van der Waals surface area contributed by atoms with Gasteiger partial charge in [0.15, 0.2) is 5.82 Å². The second-order valence-electron chi connectivity index (χ2n) is 3.40. The van der Waals surface area contributed by atoms with Gasteiger partial charge in [0, 0.05) is 25.3 Å². The largest absolute Gasteiger partial charge is 0.399 e. The third-order valence-electron chi connectivity index (χ3n) is 2.33. The lowest BCUT2D eigenvalue weighted by Crippen LogP contribution is -2.00. The summed E-state index contributed by atoms with van der Waals surface area (Å²) in [6, 6.07) is 5.32. The number of aromatic nitrogens is 3. The van der Waals surface area contributed by atoms with Crippen LogP contribution in [0, 0.1) is 0 Å². The predicted molar refractivity (Wildman–Crippen MR) is 65.4 cm³/mol. The van der Waals surface area contributed by atoms with Crippen molar-refractivity contribution < 1.29 is 0 Å². The summed E-state index contributed by atoms with van der Waals surface area (Å²) in [5, 5.41) is 11.6. The molecule has 0 spiro atoms. The summed E-state index contributed by atoms with van der Waals surface area (Å²) in [5.41, 5.74) is 7.08. The lowest BCUT2D eigenvalue weighted by atomic mass is 10.2. The monoisotopic (exact) mass is 237 g/mol. The van der Waals surface area contributed by atoms with Crippen molar-refractivity contribution in [2.45, 2.75) is 0 Å². The minimum Gasteiger partial charge on any atom is -0.399 e. The Bertz CT molecular complexity index is 520. The molecule has 0 atom stereocenters. The van der Waals surface area contributed by atoms with Crippen LogP contribution in [-0.2, 0) is 7.05 Å². The minimum atomic E-state index is 0.568. The van der Waals surface area contributed by atoms with Gasteiger partial charge < -0.3 is 11.1 Å². The van der Waals surface area contributed by atoms with Crippen molar-refractivity contribution in [3.05, 3.63) is 23.2 Å². The molecule has 84 valence electrons. The van der Waals surface area contributed by atoms with E-state index in [-0.39, 0.29) is 0 Å². The Hall–Kier alpha value is -1.75. The highest BCUT2D eigenvalue weighted by Gasteiger charge is 2.12. The molecular formula is C10H12ClN5. The van der Waals surface area contributed by atoms with E-state index in [0.29, 0.717) is 22.5 Å². The topological polar surface area (TPSA) is 68.8 Å². The Morgan fingerprint density at radius 1 is 1.38 bits per heavy atom. The van der Waals surface area contributed by atoms with Crippen molar-refractivity contribution in [2.24, 2.45) is 7.05 Å². The van der Waals surface area contributed by atoms with Crippen LogP contribution in [-0.4, -0.2) is 21.8 Å². The molecule has 0 aliphatic heterocycles. The number of nitrogen functional groups attached to an aromatic ring is 1. The van der Waals surface area contributed by atoms with Crippen molar-refractivity contribution in [1.82, 2.24) is 14.8 Å². The van der Waals surface area contributed by atoms with Gasteiger partial charge in [0.1, 0.15) is 0 Å². The molecule has 5 nitrogen and oxygen atoms in total. The summed E-state index contributed by atoms with van der Waals surface area (Å²) in [6.07, 6.45) is 0. The molecule has 0 radical (unpaired) electrons. The number of rotatable bonds is 2. The van der Waals surface area contributed by atoms with Crippen LogP contribution in [0.25, 0.3) is 11.4 Å². The Morgan fingerprint density at radius 2 is 2.12 bits per heavy atom. The Balaban J connectivity index is 2.54. The quantitative estimate of drug-likeness (QED) is 0.781. The standard InChI is InChI=1S/C10H12ClN5/c1-13-10-15-14-9(16(10)2)7-4-3-6(12)5-8(7)11/h3-5H,12H2,1-2H3,(H,13,15). The highest BCUT2D eigenvalue weighted by atomic mass is 35.5. The van der Waals surface area contributed by atoms with E-state index in [9.17, 15) is 0 Å². The zero-order valence-corrected chi connectivity index (χ0v) is 9.78. The lowest BCUT2D eigenvalue weighted by Gasteiger charge is -2.05. The second-order valence-corrected chi connectivity index (χ2v) is 3.80. The molecule has 1 aromatic heterocycles. The molecule has 2 rings (SSSR count). The highest BCUT2D eigenvalue weighted by molar-refractivity contribution is 6.33. The summed E-state index contributed by atoms with van der Waals surface area (Å²) in [4.78, 5) is 0. The number of nitrogens with two attached hydrogens (primary N) is 1. The van der Waals surface area contributed by atoms with Crippen LogP contribution in [0.5, 0.6) is 0 Å². The summed E-state index contributed by atoms with van der Waals surface area (Å²) in [7, 11) is 3.66. The van der Waals surface area contributed by atoms with Gasteiger partial charge in [-0.2, -0.15) is 0 Å². The Labute approximate surface area is 98.2 Å². The Kier molecular flexibility index (Phi) is 2.70. The number of hydrogen-bond donors (Lipinski definition) is 2. The van der Waals surface area contributed by atoms with E-state index < -0.39 is 0 Å². The van der Waals surface area contributed by atoms with E-state index in [4.69, 9.17) is 17.3 Å². The predicted octanol–water partition coefficient (Wildman–Crippen LogP) is 1.76. The molecule has 0 aliphatic rings. The number of benzene rings is 1. The first kappa shape index (κ1) is 10.8. The molecule has 0 aliphatic carbocycles. The van der Waals surface area contributed by atoms with Crippen molar-refractivity contribution >= 4 is 23.2 Å². The first-order chi connectivity index (χ1) is 7.63. The van der Waals surface area contributed by atoms with Crippen LogP contribution in [0.15, 0.2) is 18.2 Å². The molecule has 0 unspecified atom stereocenters. The van der Waals surface area contributed by atoms with E-state index in [1.165, 1.54) is 0 Å². The molecular weight excluding hydrogens is 226 g/mol. The molecule has 0 saturated heterocycles. The molecule has 16 heavy (non-hydrogen) atoms. The van der Waals surface area contributed by atoms with Crippen molar-refractivity contribution in [3.63, 3.8) is 0 Å². The van der Waals surface area contributed by atoms with Gasteiger partial charge in [-0.25, -0.2) is 0 Å². The van der Waals surface area contributed by atoms with Gasteiger partial charge in [0.05, 0.1) is 5.02 Å². The Morgan fingerprint density at radius 3 is 2.69 bits per heavy atom. The van der Waals surface area contributed by atoms with Gasteiger partial charge in [-0.15, -0.1) is 10.2 Å². The van der Waals surface area contributed by atoms with Crippen LogP contribution in [0.4, 0.5) is 11.6 Å². The highest BCUT2D eigenvalue weighted by Crippen LogP contribution is 2.28. The average Bonchev–Trinajstić information content (AvgIpc) is 2.60. The van der Waals surface area contributed by atoms with Gasteiger partial charge in [0.2, 0.25) is 5.95 Å². The lowest BCUT2D eigenvalue weighted by molar-refractivity contribution is 0.925. The maximum Gasteiger partial charge on any atom is 0.224 e. The van der Waals surface area contributed by atoms with Gasteiger partial charge in [-0.3, -0.25) is 4.57 Å². The van der Waals surface area contributed by atoms with Crippen molar-refractivity contribution in [1.29, 1.82) is 0 Å². The van der Waals surface area contributed by atoms with Crippen LogP contribution < -0.4 is 11.1 Å². The molecule has 2 aromatic rings. The SMILES string of the molecule is CNc1nnc(-c2ccc(N)cc2Cl)n1C. The fraction of sp³-hybridized carbons (Fsp3) is 0.200. The number of nitrogens with one attached hydrogen (secondary N) is 1. The smallest absolute Gasteiger partial charge is 0.224 e. The fourth-order valence-electron chi connectivity index (χ4n) is 1.49. The molecule has 0 fully saturated rings. The van der Waals surface area contributed by atoms with Crippen LogP contribution in [0.2, 0.25) is 5.02 Å². The van der Waals surface area contributed by atoms with Gasteiger partial charge in [0.25, 0.3) is 0 Å². The normalized spacial score (nSPS) is 10.4. The number of anilines is 2. The summed E-state index contributed by atoms with van der Waals surface area (Å²) in [5.74, 6) is 1.39. The van der Waals surface area contributed by atoms with Crippen LogP contribution in [0.1, 0.15) is 0 Å². The van der Waals surface area contributed by atoms with Crippen molar-refractivity contribution in [3.8, 4) is 11.4 Å². The fourth-order valence-corrected chi connectivity index (χ4v) is 1.77. The molecule has 1 heterocycles. The number of nitrogens with zero attached hydrogens (tertiary/aromatic N) is 3. The van der Waals surface area contributed by atoms with Gasteiger partial charge >= 0.3 is 0 Å². The maximum absolute atomic E-state index is 6.11. The maximum atomic E-state index is 6.11. The van der Waals surface area contributed by atoms with E-state index in [2.05, 4.69) is 15.5 Å². The van der Waals surface area contributed by atoms with Gasteiger partial charge in [-0.05, 0) is 18.2 Å². The summed E-state index contributed by atoms with van der Waals surface area (Å²) >= 11 is 6.11. The first-order valence-electron chi connectivity index (χ1n) is 4.76. The zero-order valence-electron chi connectivity index (χ0n) is 9.03. The van der Waals surface area contributed by atoms with E-state index in [1.807, 2.05) is 17.7 Å². The van der Waals surface area contributed by atoms with E-state index in [1.54, 1.807) is 19.2 Å². The molecule has 0 saturated carbocycles. The summed E-state index contributed by atoms with van der Waals surface area (Å²) < 4.78 is 1.83. The molecule has 0 amide bonds. The zero-order chi connectivity index (χ0) is 11.7. The van der Waals surface area contributed by atoms with Crippen LogP contribution in [0.3, 0.4) is 0 Å². The van der Waals surface area contributed by atoms with E-state index >= 15 is 0 Å². The second kappa shape index (κ2) is 4.02. The van der Waals surface area contributed by atoms with Crippen LogP contribution >= 0.6 is 11.6 Å². The number of halogens is 1. The molecule has 1 aromatic carbocycles. The molecule has 6 heteroatoms. The molecule has 0 bridgehead atoms. The third-order valence-corrected chi connectivity index (χ3v) is 2.65. The van der Waals surface area contributed by atoms with Gasteiger partial charge in [-0.1, -0.05) is 11.6 Å². The van der Waals surface area contributed by atoms with E-state index in [0.717, 1.165) is 5.56 Å². The average molecular weight is 238 g/mol. The third kappa shape index (κ3) is 1.69. The number of hydrogen-bond acceptors (Lipinski definition) is 4. The molecule has 3 N–H and O–H groups in total. The minimum absolute atomic E-state index is 0.568.